The van der Waals surface area contributed by atoms with Crippen molar-refractivity contribution in [2.24, 2.45) is 28.0 Å². The Balaban J connectivity index is 0.000000174. The van der Waals surface area contributed by atoms with E-state index in [0.717, 1.165) is 33.4 Å². The van der Waals surface area contributed by atoms with Gasteiger partial charge in [-0.1, -0.05) is 63.4 Å². The van der Waals surface area contributed by atoms with Crippen molar-refractivity contribution in [1.82, 2.24) is 39.9 Å². The van der Waals surface area contributed by atoms with Gasteiger partial charge in [-0.15, -0.1) is 34.0 Å². The number of hydrogen-bond acceptors (Lipinski definition) is 33. The first-order chi connectivity index (χ1) is 51.3. The molecule has 3 saturated carbocycles. The molecule has 3 unspecified atom stereocenters. The van der Waals surface area contributed by atoms with E-state index in [2.05, 4.69) is 96.0 Å². The Labute approximate surface area is 663 Å². The Hall–Kier alpha value is -6.82. The lowest BCUT2D eigenvalue weighted by atomic mass is 9.90. The smallest absolute Gasteiger partial charge is 0.333 e. The Bertz CT molecular complexity index is 5130. The lowest BCUT2D eigenvalue weighted by molar-refractivity contribution is 0.00786. The van der Waals surface area contributed by atoms with Crippen LogP contribution in [0.4, 0.5) is 17.5 Å². The number of nitrogens with one attached hydrogen (secondary N) is 3. The molecule has 8 aromatic heterocycles. The van der Waals surface area contributed by atoms with Crippen LogP contribution in [0, 0.1) is 17.8 Å². The number of hydrogen-bond donors (Lipinski definition) is 12. The largest absolute Gasteiger partial charge is 0.393 e. The summed E-state index contributed by atoms with van der Waals surface area (Å²) in [5.41, 5.74) is 0.540. The van der Waals surface area contributed by atoms with E-state index < -0.39 is 108 Å². The highest BCUT2D eigenvalue weighted by Gasteiger charge is 2.43. The molecule has 582 valence electrons. The zero-order valence-electron chi connectivity index (χ0n) is 57.4. The molecule has 0 spiro atoms. The number of benzene rings is 1. The highest BCUT2D eigenvalue weighted by atomic mass is 79.9. The van der Waals surface area contributed by atoms with Crippen LogP contribution in [0.2, 0.25) is 9.49 Å². The first kappa shape index (κ1) is 84.6. The van der Waals surface area contributed by atoms with E-state index >= 15 is 0 Å². The van der Waals surface area contributed by atoms with Gasteiger partial charge < -0.3 is 51.7 Å². The van der Waals surface area contributed by atoms with Crippen molar-refractivity contribution in [1.29, 1.82) is 0 Å². The number of ketones is 3. The molecule has 109 heavy (non-hydrogen) atoms. The Morgan fingerprint density at radius 1 is 0.596 bits per heavy atom. The first-order valence-electron chi connectivity index (χ1n) is 32.7. The second kappa shape index (κ2) is 35.9. The maximum Gasteiger partial charge on any atom is 0.333 e. The Morgan fingerprint density at radius 3 is 1.58 bits per heavy atom. The molecule has 32 nitrogen and oxygen atoms in total. The number of thiophene rings is 3. The Kier molecular flexibility index (Phi) is 27.9. The molecule has 9 aromatic rings. The van der Waals surface area contributed by atoms with E-state index in [1.54, 1.807) is 73.1 Å². The van der Waals surface area contributed by atoms with Crippen LogP contribution in [-0.2, 0) is 54.5 Å². The first-order valence-corrected chi connectivity index (χ1v) is 42.4. The van der Waals surface area contributed by atoms with Gasteiger partial charge in [0.1, 0.15) is 69.6 Å². The van der Waals surface area contributed by atoms with E-state index in [4.69, 9.17) is 37.7 Å². The van der Waals surface area contributed by atoms with Crippen molar-refractivity contribution in [2.45, 2.75) is 106 Å². The Morgan fingerprint density at radius 2 is 1.08 bits per heavy atom. The van der Waals surface area contributed by atoms with Crippen molar-refractivity contribution in [3.05, 3.63) is 211 Å². The second-order valence-corrected chi connectivity index (χ2v) is 35.6. The van der Waals surface area contributed by atoms with E-state index in [1.807, 2.05) is 24.3 Å². The minimum Gasteiger partial charge on any atom is -0.393 e. The topological polar surface area (TPSA) is 514 Å². The van der Waals surface area contributed by atoms with Crippen LogP contribution in [0.25, 0.3) is 0 Å². The molecule has 0 amide bonds. The van der Waals surface area contributed by atoms with E-state index in [9.17, 15) is 75.4 Å². The summed E-state index contributed by atoms with van der Waals surface area (Å²) < 4.78 is 82.5. The van der Waals surface area contributed by atoms with Gasteiger partial charge >= 0.3 is 20.6 Å². The van der Waals surface area contributed by atoms with Crippen LogP contribution < -0.4 is 26.2 Å². The summed E-state index contributed by atoms with van der Waals surface area (Å²) in [7, 11) is -11.9. The average Bonchev–Trinajstić information content (AvgIpc) is 1.71. The monoisotopic (exact) mass is 1780 g/mol. The van der Waals surface area contributed by atoms with Gasteiger partial charge in [0.2, 0.25) is 17.3 Å². The number of carbonyl (C=O) groups is 3. The number of pyridine rings is 2. The van der Waals surface area contributed by atoms with Crippen molar-refractivity contribution < 1.29 is 87.9 Å². The van der Waals surface area contributed by atoms with E-state index in [0.29, 0.717) is 67.4 Å². The minimum absolute atomic E-state index is 0.133. The third kappa shape index (κ3) is 22.1. The molecule has 0 bridgehead atoms. The molecule has 0 saturated heterocycles. The predicted molar refractivity (Wildman–Crippen MR) is 410 cm³/mol. The van der Waals surface area contributed by atoms with Crippen LogP contribution in [0.15, 0.2) is 136 Å². The number of nitrogens with two attached hydrogens (primary N) is 2. The third-order valence-electron chi connectivity index (χ3n) is 18.0. The molecule has 14 N–H and O–H groups in total. The van der Waals surface area contributed by atoms with Crippen molar-refractivity contribution >= 4 is 155 Å². The molecule has 8 heterocycles. The summed E-state index contributed by atoms with van der Waals surface area (Å²) in [4.78, 5) is 73.9. The van der Waals surface area contributed by atoms with Crippen LogP contribution in [0.1, 0.15) is 131 Å². The fourth-order valence-corrected chi connectivity index (χ4v) is 17.5. The summed E-state index contributed by atoms with van der Waals surface area (Å²) in [5.74, 6) is -2.00. The molecule has 3 fully saturated rings. The van der Waals surface area contributed by atoms with E-state index in [-0.39, 0.29) is 98.9 Å². The van der Waals surface area contributed by atoms with Gasteiger partial charge in [-0.05, 0) is 138 Å². The van der Waals surface area contributed by atoms with Crippen molar-refractivity contribution in [2.75, 3.05) is 42.0 Å². The molecular weight excluding hydrogens is 1710 g/mol. The third-order valence-corrected chi connectivity index (χ3v) is 23.9. The number of halogens is 4. The molecule has 3 aliphatic carbocycles. The predicted octanol–water partition coefficient (Wildman–Crippen LogP) is 6.56. The highest BCUT2D eigenvalue weighted by Crippen LogP contribution is 2.40. The summed E-state index contributed by atoms with van der Waals surface area (Å²) in [6.07, 6.45) is 5.09. The maximum atomic E-state index is 13.4. The maximum absolute atomic E-state index is 13.4. The number of carbonyl (C=O) groups excluding carboxylic acids is 3. The van der Waals surface area contributed by atoms with Gasteiger partial charge in [-0.3, -0.25) is 26.9 Å². The lowest BCUT2D eigenvalue weighted by Gasteiger charge is -2.23. The van der Waals surface area contributed by atoms with Crippen molar-refractivity contribution in [3.63, 3.8) is 0 Å². The fraction of sp³-hybridized carbons (Fsp3) is 0.358. The van der Waals surface area contributed by atoms with Crippen LogP contribution in [-0.4, -0.2) is 187 Å². The zero-order valence-corrected chi connectivity index (χ0v) is 66.9. The second-order valence-electron chi connectivity index (χ2n) is 25.9. The van der Waals surface area contributed by atoms with Gasteiger partial charge in [0.05, 0.1) is 97.5 Å². The van der Waals surface area contributed by atoms with Gasteiger partial charge in [0.15, 0.2) is 0 Å². The standard InChI is InChI=1S/C23H25BrN4O7S2.C23H25BrN4O6S2.C21H21Cl2N5O6S2/c1-23(32,17-4-3-5-18(24)28-17)13-7-16(36-10-13)20(30)14-8-25-11-26-22(14)27-15-6-12(19(29)21(15)31)9-35-37(2,33)34;1-23(31,14-3-2-4-16(24)6-14)15-7-20(35-11-15)21(30)18-9-26-12-27-22(18)28-17-5-13(19(29)8-17)10-34-36(25,32)33;22-17-3-1-2-14(28-17)18(30)12-6-16(35-20(12)23)19(31)13-7-25-9-26-21(13)27-11-4-10(15(29)5-11)8-34-36(24,32)33/h3-5,7-8,10-12,15,19,21,29,31-32H,6,9H2,1-2H3,(H,25,26,27);2-4,6-7,9,11-13,17,19,29,31H,5,8,10H2,1H3,(H2,25,32,33)(H,26,27,28);1-3,6-7,9-11,15,18,29-30H,4-5,8H2,(H2,24,32,33)(H,25,26,27)/t12-,15-,19-,21+,23?;13-,17-,19+,23?;10-,11-,15+,18?/m111/s1. The summed E-state index contributed by atoms with van der Waals surface area (Å²) >= 11 is 22.3. The number of anilines is 3. The number of aliphatic hydroxyl groups excluding tert-OH is 5. The van der Waals surface area contributed by atoms with Gasteiger partial charge in [-0.25, -0.2) is 50.1 Å². The van der Waals surface area contributed by atoms with E-state index in [1.165, 1.54) is 55.0 Å². The zero-order chi connectivity index (χ0) is 79.1. The van der Waals surface area contributed by atoms with Gasteiger partial charge in [0, 0.05) is 64.0 Å². The van der Waals surface area contributed by atoms with Crippen LogP contribution in [0.5, 0.6) is 0 Å². The fourth-order valence-electron chi connectivity index (χ4n) is 12.2. The number of nitrogens with zero attached hydrogens (tertiary/aromatic N) is 8. The SMILES string of the molecule is CC(O)(c1cccc(Br)c1)c1csc(C(=O)c2cncnc2N[C@@H]2C[C@H](COS(N)(=O)=O)[C@@H](O)C2)c1.CC(O)(c1csc(C(=O)c2cncnc2N[C@@H]2C[C@H](COS(C)(=O)=O)[C@@H](O)[C@H]2O)c1)c1cccc(Br)n1.NS(=O)(=O)OC[C@H]1C[C@@H](Nc2ncncc2C(=O)c2cc(C(O)c3cccc(Cl)n3)c(Cl)s2)C[C@@H]1O. The highest BCUT2D eigenvalue weighted by molar-refractivity contribution is 9.10. The quantitative estimate of drug-likeness (QED) is 0.0147. The molecule has 12 rings (SSSR count). The normalized spacial score (nSPS) is 22.1. The molecule has 0 radical (unpaired) electrons. The minimum atomic E-state index is -4.12. The molecule has 3 aliphatic rings. The molecule has 42 heteroatoms. The summed E-state index contributed by atoms with van der Waals surface area (Å²) in [6.45, 7) is 2.49. The summed E-state index contributed by atoms with van der Waals surface area (Å²) in [6, 6.07) is 20.8. The van der Waals surface area contributed by atoms with Gasteiger partial charge in [0.25, 0.3) is 10.1 Å². The molecule has 13 atom stereocenters. The molecular formula is C67H71Br2Cl2N13O19S6. The average molecular weight is 1790 g/mol. The lowest BCUT2D eigenvalue weighted by Crippen LogP contribution is -2.36. The number of rotatable bonds is 27. The van der Waals surface area contributed by atoms with Crippen LogP contribution in [0.3, 0.4) is 0 Å². The molecule has 1 aromatic carbocycles. The van der Waals surface area contributed by atoms with Gasteiger partial charge in [-0.2, -0.15) is 25.3 Å². The number of aromatic nitrogens is 8. The van der Waals surface area contributed by atoms with Crippen molar-refractivity contribution in [3.8, 4) is 0 Å². The number of aliphatic hydroxyl groups is 7. The summed E-state index contributed by atoms with van der Waals surface area (Å²) in [5, 5.41) is 97.1. The van der Waals surface area contributed by atoms with Crippen LogP contribution >= 0.6 is 89.1 Å². The molecule has 0 aliphatic heterocycles.